The summed E-state index contributed by atoms with van der Waals surface area (Å²) in [7, 11) is -3.53. The number of amides is 1. The van der Waals surface area contributed by atoms with E-state index < -0.39 is 10.0 Å². The normalized spacial score (nSPS) is 15.6. The van der Waals surface area contributed by atoms with Gasteiger partial charge in [0.2, 0.25) is 15.9 Å². The van der Waals surface area contributed by atoms with E-state index in [2.05, 4.69) is 4.98 Å². The molecule has 150 valence electrons. The van der Waals surface area contributed by atoms with Gasteiger partial charge in [-0.3, -0.25) is 9.78 Å². The molecule has 0 unspecified atom stereocenters. The second-order valence-corrected chi connectivity index (χ2v) is 9.80. The topological polar surface area (TPSA) is 70.6 Å². The van der Waals surface area contributed by atoms with Crippen molar-refractivity contribution < 1.29 is 13.2 Å². The molecule has 28 heavy (non-hydrogen) atoms. The van der Waals surface area contributed by atoms with Gasteiger partial charge in [-0.15, -0.1) is 11.8 Å². The Hall–Kier alpha value is -1.90. The average molecular weight is 420 g/mol. The summed E-state index contributed by atoms with van der Waals surface area (Å²) in [6, 6.07) is 9.24. The number of carbonyl (C=O) groups is 1. The van der Waals surface area contributed by atoms with Crippen molar-refractivity contribution in [2.24, 2.45) is 0 Å². The van der Waals surface area contributed by atoms with Gasteiger partial charge in [-0.2, -0.15) is 4.31 Å². The minimum absolute atomic E-state index is 0.0532. The number of hydrogen-bond donors (Lipinski definition) is 0. The van der Waals surface area contributed by atoms with Crippen LogP contribution in [0.25, 0.3) is 0 Å². The zero-order chi connectivity index (χ0) is 20.1. The van der Waals surface area contributed by atoms with E-state index in [1.165, 1.54) is 4.31 Å². The third-order valence-corrected chi connectivity index (χ3v) is 7.80. The van der Waals surface area contributed by atoms with Crippen LogP contribution in [0, 0.1) is 13.8 Å². The molecule has 0 N–H and O–H groups in total. The standard InChI is InChI=1S/C20H25N3O3S2/c1-16-5-6-19(17(2)12-16)28(25,26)23-10-8-22(9-11-23)20(24)15-27-14-18-4-3-7-21-13-18/h3-7,12-13H,8-11,14-15H2,1-2H3. The predicted molar refractivity (Wildman–Crippen MR) is 112 cm³/mol. The van der Waals surface area contributed by atoms with Crippen LogP contribution in [-0.2, 0) is 20.6 Å². The number of hydrogen-bond acceptors (Lipinski definition) is 5. The lowest BCUT2D eigenvalue weighted by atomic mass is 10.2. The van der Waals surface area contributed by atoms with Crippen molar-refractivity contribution in [3.63, 3.8) is 0 Å². The van der Waals surface area contributed by atoms with E-state index in [-0.39, 0.29) is 5.91 Å². The number of sulfonamides is 1. The lowest BCUT2D eigenvalue weighted by Crippen LogP contribution is -2.51. The number of benzene rings is 1. The molecule has 3 rings (SSSR count). The Labute approximate surface area is 171 Å². The molecule has 1 amide bonds. The number of rotatable bonds is 6. The molecule has 0 spiro atoms. The Morgan fingerprint density at radius 2 is 1.89 bits per heavy atom. The minimum Gasteiger partial charge on any atom is -0.339 e. The fourth-order valence-electron chi connectivity index (χ4n) is 3.24. The van der Waals surface area contributed by atoms with Crippen LogP contribution in [0.3, 0.4) is 0 Å². The Bertz CT molecular complexity index is 925. The van der Waals surface area contributed by atoms with Crippen LogP contribution in [0.1, 0.15) is 16.7 Å². The third kappa shape index (κ3) is 4.92. The molecular formula is C20H25N3O3S2. The number of pyridine rings is 1. The molecule has 1 aromatic carbocycles. The van der Waals surface area contributed by atoms with E-state index >= 15 is 0 Å². The Balaban J connectivity index is 1.52. The summed E-state index contributed by atoms with van der Waals surface area (Å²) in [6.07, 6.45) is 3.53. The quantitative estimate of drug-likeness (QED) is 0.719. The maximum atomic E-state index is 12.9. The summed E-state index contributed by atoms with van der Waals surface area (Å²) in [5, 5.41) is 0. The number of piperazine rings is 1. The van der Waals surface area contributed by atoms with Crippen LogP contribution < -0.4 is 0 Å². The average Bonchev–Trinajstić information content (AvgIpc) is 2.68. The molecule has 0 saturated carbocycles. The first-order chi connectivity index (χ1) is 13.4. The number of carbonyl (C=O) groups excluding carboxylic acids is 1. The summed E-state index contributed by atoms with van der Waals surface area (Å²) >= 11 is 1.55. The first-order valence-corrected chi connectivity index (χ1v) is 11.8. The molecule has 2 aromatic rings. The van der Waals surface area contributed by atoms with Crippen LogP contribution in [0.2, 0.25) is 0 Å². The van der Waals surface area contributed by atoms with Gasteiger partial charge in [0.15, 0.2) is 0 Å². The zero-order valence-electron chi connectivity index (χ0n) is 16.2. The predicted octanol–water partition coefficient (Wildman–Crippen LogP) is 2.46. The number of thioether (sulfide) groups is 1. The molecule has 2 heterocycles. The van der Waals surface area contributed by atoms with Gasteiger partial charge < -0.3 is 4.90 Å². The lowest BCUT2D eigenvalue weighted by molar-refractivity contribution is -0.129. The highest BCUT2D eigenvalue weighted by atomic mass is 32.2. The number of nitrogens with zero attached hydrogens (tertiary/aromatic N) is 3. The fourth-order valence-corrected chi connectivity index (χ4v) is 5.73. The van der Waals surface area contributed by atoms with Gasteiger partial charge in [0.1, 0.15) is 0 Å². The molecule has 1 aromatic heterocycles. The van der Waals surface area contributed by atoms with Crippen LogP contribution >= 0.6 is 11.8 Å². The highest BCUT2D eigenvalue weighted by molar-refractivity contribution is 7.99. The maximum Gasteiger partial charge on any atom is 0.243 e. The second-order valence-electron chi connectivity index (χ2n) is 6.91. The van der Waals surface area contributed by atoms with E-state index in [4.69, 9.17) is 0 Å². The van der Waals surface area contributed by atoms with Crippen LogP contribution in [0.15, 0.2) is 47.6 Å². The molecule has 1 aliphatic heterocycles. The maximum absolute atomic E-state index is 12.9. The van der Waals surface area contributed by atoms with Crippen molar-refractivity contribution in [3.8, 4) is 0 Å². The van der Waals surface area contributed by atoms with Gasteiger partial charge in [-0.1, -0.05) is 23.8 Å². The molecule has 0 radical (unpaired) electrons. The molecule has 8 heteroatoms. The van der Waals surface area contributed by atoms with Gasteiger partial charge in [-0.05, 0) is 37.1 Å². The van der Waals surface area contributed by atoms with Gasteiger partial charge in [0.25, 0.3) is 0 Å². The largest absolute Gasteiger partial charge is 0.339 e. The molecule has 1 aliphatic rings. The SMILES string of the molecule is Cc1ccc(S(=O)(=O)N2CCN(C(=O)CSCc3cccnc3)CC2)c(C)c1. The van der Waals surface area contributed by atoms with Crippen LogP contribution in [0.5, 0.6) is 0 Å². The van der Waals surface area contributed by atoms with Crippen LogP contribution in [-0.4, -0.2) is 60.4 Å². The lowest BCUT2D eigenvalue weighted by Gasteiger charge is -2.34. The summed E-state index contributed by atoms with van der Waals surface area (Å²) in [6.45, 7) is 5.27. The van der Waals surface area contributed by atoms with Crippen molar-refractivity contribution in [1.29, 1.82) is 0 Å². The van der Waals surface area contributed by atoms with Crippen LogP contribution in [0.4, 0.5) is 0 Å². The highest BCUT2D eigenvalue weighted by Crippen LogP contribution is 2.22. The molecule has 0 bridgehead atoms. The molecule has 0 aliphatic carbocycles. The third-order valence-electron chi connectivity index (χ3n) is 4.76. The first kappa shape index (κ1) is 20.8. The molecule has 1 saturated heterocycles. The minimum atomic E-state index is -3.53. The van der Waals surface area contributed by atoms with Gasteiger partial charge >= 0.3 is 0 Å². The number of aromatic nitrogens is 1. The molecule has 6 nitrogen and oxygen atoms in total. The second kappa shape index (κ2) is 9.07. The number of aryl methyl sites for hydroxylation is 2. The molecule has 1 fully saturated rings. The summed E-state index contributed by atoms with van der Waals surface area (Å²) in [5.74, 6) is 1.18. The van der Waals surface area contributed by atoms with Gasteiger partial charge in [0, 0.05) is 44.3 Å². The Morgan fingerprint density at radius 1 is 1.14 bits per heavy atom. The van der Waals surface area contributed by atoms with E-state index in [1.807, 2.05) is 38.1 Å². The smallest absolute Gasteiger partial charge is 0.243 e. The van der Waals surface area contributed by atoms with Crippen molar-refractivity contribution in [2.45, 2.75) is 24.5 Å². The fraction of sp³-hybridized carbons (Fsp3) is 0.400. The van der Waals surface area contributed by atoms with Gasteiger partial charge in [0.05, 0.1) is 10.6 Å². The highest BCUT2D eigenvalue weighted by Gasteiger charge is 2.30. The molecule has 0 atom stereocenters. The van der Waals surface area contributed by atoms with Crippen molar-refractivity contribution in [3.05, 3.63) is 59.4 Å². The van der Waals surface area contributed by atoms with Crippen molar-refractivity contribution >= 4 is 27.7 Å². The Morgan fingerprint density at radius 3 is 2.54 bits per heavy atom. The van der Waals surface area contributed by atoms with E-state index in [1.54, 1.807) is 35.1 Å². The zero-order valence-corrected chi connectivity index (χ0v) is 17.8. The Kier molecular flexibility index (Phi) is 6.74. The monoisotopic (exact) mass is 419 g/mol. The van der Waals surface area contributed by atoms with E-state index in [9.17, 15) is 13.2 Å². The first-order valence-electron chi connectivity index (χ1n) is 9.20. The molecular weight excluding hydrogens is 394 g/mol. The summed E-state index contributed by atoms with van der Waals surface area (Å²) in [5.41, 5.74) is 2.88. The van der Waals surface area contributed by atoms with E-state index in [0.29, 0.717) is 36.8 Å². The van der Waals surface area contributed by atoms with Crippen molar-refractivity contribution in [1.82, 2.24) is 14.2 Å². The summed E-state index contributed by atoms with van der Waals surface area (Å²) in [4.78, 5) is 18.6. The van der Waals surface area contributed by atoms with Gasteiger partial charge in [-0.25, -0.2) is 8.42 Å². The summed E-state index contributed by atoms with van der Waals surface area (Å²) < 4.78 is 27.4. The van der Waals surface area contributed by atoms with E-state index in [0.717, 1.165) is 22.4 Å². The van der Waals surface area contributed by atoms with Crippen molar-refractivity contribution in [2.75, 3.05) is 31.9 Å².